The lowest BCUT2D eigenvalue weighted by molar-refractivity contribution is 0.107. The van der Waals surface area contributed by atoms with Crippen LogP contribution in [-0.4, -0.2) is 12.2 Å². The van der Waals surface area contributed by atoms with Crippen molar-refractivity contribution < 1.29 is 9.84 Å². The number of allylic oxidation sites excluding steroid dienone is 2. The summed E-state index contributed by atoms with van der Waals surface area (Å²) in [5.41, 5.74) is 2.43. The van der Waals surface area contributed by atoms with Crippen LogP contribution in [0.1, 0.15) is 30.4 Å². The van der Waals surface area contributed by atoms with Crippen molar-refractivity contribution in [2.24, 2.45) is 11.8 Å². The molecule has 2 aliphatic carbocycles. The van der Waals surface area contributed by atoms with Crippen molar-refractivity contribution in [2.45, 2.75) is 32.5 Å². The molecule has 4 rings (SSSR count). The van der Waals surface area contributed by atoms with Crippen LogP contribution in [-0.2, 0) is 18.0 Å². The van der Waals surface area contributed by atoms with Gasteiger partial charge in [-0.2, -0.15) is 0 Å². The summed E-state index contributed by atoms with van der Waals surface area (Å²) in [6.07, 6.45) is 9.19. The van der Waals surface area contributed by atoms with E-state index in [-0.39, 0.29) is 0 Å². The van der Waals surface area contributed by atoms with E-state index in [1.54, 1.807) is 0 Å². The largest absolute Gasteiger partial charge is 0.400 e. The average molecular weight is 324 g/mol. The van der Waals surface area contributed by atoms with Crippen molar-refractivity contribution in [3.8, 4) is 0 Å². The van der Waals surface area contributed by atoms with Gasteiger partial charge in [-0.05, 0) is 42.2 Å². The lowest BCUT2D eigenvalue weighted by Gasteiger charge is -2.03. The highest BCUT2D eigenvalue weighted by atomic mass is 16.5. The Hall–Kier alpha value is -1.90. The Morgan fingerprint density at radius 2 is 1.17 bits per heavy atom. The fourth-order valence-corrected chi connectivity index (χ4v) is 3.15. The van der Waals surface area contributed by atoms with Crippen molar-refractivity contribution in [1.29, 1.82) is 0 Å². The van der Waals surface area contributed by atoms with Crippen LogP contribution in [0.15, 0.2) is 72.8 Å². The van der Waals surface area contributed by atoms with Crippen LogP contribution in [0.4, 0.5) is 0 Å². The molecule has 2 aromatic rings. The molecule has 0 amide bonds. The lowest BCUT2D eigenvalue weighted by Crippen LogP contribution is -1.93. The zero-order valence-electron chi connectivity index (χ0n) is 14.5. The number of aliphatic hydroxyl groups excluding tert-OH is 1. The van der Waals surface area contributed by atoms with Gasteiger partial charge in [-0.25, -0.2) is 0 Å². The molecule has 2 nitrogen and oxygen atoms in total. The second kappa shape index (κ2) is 10.8. The fourth-order valence-electron chi connectivity index (χ4n) is 3.15. The summed E-state index contributed by atoms with van der Waals surface area (Å²) >= 11 is 0. The SMILES string of the molecule is C1=CC2CCC1C2.CO.c1ccc(COCc2ccccc2)cc1. The van der Waals surface area contributed by atoms with E-state index in [0.29, 0.717) is 13.2 Å². The summed E-state index contributed by atoms with van der Waals surface area (Å²) in [6.45, 7) is 1.35. The van der Waals surface area contributed by atoms with Gasteiger partial charge >= 0.3 is 0 Å². The van der Waals surface area contributed by atoms with Gasteiger partial charge in [-0.3, -0.25) is 0 Å². The van der Waals surface area contributed by atoms with Crippen LogP contribution in [0.5, 0.6) is 0 Å². The fraction of sp³-hybridized carbons (Fsp3) is 0.364. The molecular formula is C22H28O2. The maximum atomic E-state index is 7.00. The number of hydrogen-bond donors (Lipinski definition) is 1. The van der Waals surface area contributed by atoms with Gasteiger partial charge in [0, 0.05) is 7.11 Å². The predicted octanol–water partition coefficient (Wildman–Crippen LogP) is 4.98. The molecule has 1 saturated carbocycles. The topological polar surface area (TPSA) is 29.5 Å². The summed E-state index contributed by atoms with van der Waals surface area (Å²) in [5.74, 6) is 1.98. The Morgan fingerprint density at radius 1 is 0.750 bits per heavy atom. The molecule has 2 bridgehead atoms. The zero-order chi connectivity index (χ0) is 17.0. The van der Waals surface area contributed by atoms with E-state index in [4.69, 9.17) is 9.84 Å². The van der Waals surface area contributed by atoms with E-state index in [9.17, 15) is 0 Å². The third-order valence-corrected chi connectivity index (χ3v) is 4.39. The quantitative estimate of drug-likeness (QED) is 0.803. The van der Waals surface area contributed by atoms with Gasteiger partial charge in [0.2, 0.25) is 0 Å². The molecule has 2 aromatic carbocycles. The monoisotopic (exact) mass is 324 g/mol. The Morgan fingerprint density at radius 3 is 1.46 bits per heavy atom. The first-order valence-electron chi connectivity index (χ1n) is 8.69. The number of aliphatic hydroxyl groups is 1. The summed E-state index contributed by atoms with van der Waals surface area (Å²) in [7, 11) is 1.00. The smallest absolute Gasteiger partial charge is 0.0721 e. The maximum absolute atomic E-state index is 7.00. The first-order chi connectivity index (χ1) is 11.9. The number of benzene rings is 2. The van der Waals surface area contributed by atoms with Crippen molar-refractivity contribution in [2.75, 3.05) is 7.11 Å². The summed E-state index contributed by atoms with van der Waals surface area (Å²) in [4.78, 5) is 0. The second-order valence-corrected chi connectivity index (χ2v) is 6.18. The molecule has 1 N–H and O–H groups in total. The molecule has 2 aliphatic rings. The van der Waals surface area contributed by atoms with Gasteiger partial charge in [0.25, 0.3) is 0 Å². The molecule has 128 valence electrons. The minimum absolute atomic E-state index is 0.676. The highest BCUT2D eigenvalue weighted by Crippen LogP contribution is 2.38. The van der Waals surface area contributed by atoms with E-state index in [1.165, 1.54) is 30.4 Å². The van der Waals surface area contributed by atoms with Crippen molar-refractivity contribution in [3.63, 3.8) is 0 Å². The summed E-state index contributed by atoms with van der Waals surface area (Å²) < 4.78 is 5.61. The van der Waals surface area contributed by atoms with Crippen LogP contribution < -0.4 is 0 Å². The molecule has 0 aliphatic heterocycles. The van der Waals surface area contributed by atoms with Gasteiger partial charge in [0.15, 0.2) is 0 Å². The highest BCUT2D eigenvalue weighted by Gasteiger charge is 2.25. The summed E-state index contributed by atoms with van der Waals surface area (Å²) in [5, 5.41) is 7.00. The average Bonchev–Trinajstić information content (AvgIpc) is 3.32. The molecule has 2 unspecified atom stereocenters. The first kappa shape index (κ1) is 18.4. The van der Waals surface area contributed by atoms with Crippen molar-refractivity contribution in [1.82, 2.24) is 0 Å². The number of ether oxygens (including phenoxy) is 1. The van der Waals surface area contributed by atoms with Crippen molar-refractivity contribution in [3.05, 3.63) is 83.9 Å². The van der Waals surface area contributed by atoms with E-state index in [2.05, 4.69) is 36.4 Å². The van der Waals surface area contributed by atoms with Crippen LogP contribution >= 0.6 is 0 Å². The third-order valence-electron chi connectivity index (χ3n) is 4.39. The molecule has 24 heavy (non-hydrogen) atoms. The maximum Gasteiger partial charge on any atom is 0.0721 e. The van der Waals surface area contributed by atoms with E-state index < -0.39 is 0 Å². The van der Waals surface area contributed by atoms with E-state index in [1.807, 2.05) is 36.4 Å². The van der Waals surface area contributed by atoms with E-state index in [0.717, 1.165) is 18.9 Å². The van der Waals surface area contributed by atoms with Gasteiger partial charge in [-0.1, -0.05) is 72.8 Å². The first-order valence-corrected chi connectivity index (χ1v) is 8.69. The molecular weight excluding hydrogens is 296 g/mol. The molecule has 0 saturated heterocycles. The standard InChI is InChI=1S/C14H14O.C7H10.CH4O/c1-3-7-13(8-4-1)11-15-12-14-9-5-2-6-10-14;1-2-7-4-3-6(1)5-7;1-2/h1-10H,11-12H2;1-2,6-7H,3-5H2;2H,1H3. The van der Waals surface area contributed by atoms with Gasteiger partial charge in [0.05, 0.1) is 13.2 Å². The Labute approximate surface area is 145 Å². The predicted molar refractivity (Wildman–Crippen MR) is 99.5 cm³/mol. The number of fused-ring (bicyclic) bond motifs is 2. The van der Waals surface area contributed by atoms with Crippen LogP contribution in [0, 0.1) is 11.8 Å². The molecule has 0 radical (unpaired) electrons. The lowest BCUT2D eigenvalue weighted by atomic mass is 10.1. The summed E-state index contributed by atoms with van der Waals surface area (Å²) in [6, 6.07) is 20.4. The molecule has 0 spiro atoms. The number of rotatable bonds is 4. The van der Waals surface area contributed by atoms with Crippen LogP contribution in [0.3, 0.4) is 0 Å². The van der Waals surface area contributed by atoms with Crippen molar-refractivity contribution >= 4 is 0 Å². The molecule has 2 heteroatoms. The molecule has 0 aromatic heterocycles. The molecule has 2 atom stereocenters. The Balaban J connectivity index is 0.000000191. The molecule has 0 heterocycles. The highest BCUT2D eigenvalue weighted by molar-refractivity contribution is 5.15. The van der Waals surface area contributed by atoms with Gasteiger partial charge < -0.3 is 9.84 Å². The van der Waals surface area contributed by atoms with Gasteiger partial charge in [-0.15, -0.1) is 0 Å². The molecule has 1 fully saturated rings. The van der Waals surface area contributed by atoms with Crippen LogP contribution in [0.2, 0.25) is 0 Å². The third kappa shape index (κ3) is 6.31. The minimum Gasteiger partial charge on any atom is -0.400 e. The number of hydrogen-bond acceptors (Lipinski definition) is 2. The second-order valence-electron chi connectivity index (χ2n) is 6.18. The van der Waals surface area contributed by atoms with E-state index >= 15 is 0 Å². The minimum atomic E-state index is 0.676. The van der Waals surface area contributed by atoms with Gasteiger partial charge in [0.1, 0.15) is 0 Å². The normalized spacial score (nSPS) is 19.9. The zero-order valence-corrected chi connectivity index (χ0v) is 14.5. The Kier molecular flexibility index (Phi) is 8.29. The van der Waals surface area contributed by atoms with Crippen LogP contribution in [0.25, 0.3) is 0 Å². The Bertz CT molecular complexity index is 526.